The monoisotopic (exact) mass is 885 g/mol. The van der Waals surface area contributed by atoms with Crippen molar-refractivity contribution >= 4 is 17.9 Å². The number of ether oxygens (including phenoxy) is 3. The van der Waals surface area contributed by atoms with E-state index in [0.29, 0.717) is 19.3 Å². The van der Waals surface area contributed by atoms with E-state index in [1.54, 1.807) is 0 Å². The molecule has 1 atom stereocenters. The number of carbonyl (C=O) groups is 3. The summed E-state index contributed by atoms with van der Waals surface area (Å²) in [5.74, 6) is -0.915. The zero-order valence-corrected chi connectivity index (χ0v) is 42.1. The fraction of sp³-hybridized carbons (Fsp3) is 0.842. The van der Waals surface area contributed by atoms with Crippen molar-refractivity contribution in [2.75, 3.05) is 13.2 Å². The summed E-state index contributed by atoms with van der Waals surface area (Å²) >= 11 is 0. The number of unbranched alkanes of at least 4 members (excludes halogenated alkanes) is 33. The van der Waals surface area contributed by atoms with Gasteiger partial charge >= 0.3 is 17.9 Å². The first-order chi connectivity index (χ1) is 31.0. The van der Waals surface area contributed by atoms with Crippen LogP contribution in [0.4, 0.5) is 0 Å². The molecule has 0 aliphatic carbocycles. The molecule has 0 fully saturated rings. The SMILES string of the molecule is CC/C=C\C/C=C\C/C=C\CCCCCC(=O)OC(COC(=O)CCCCCCC)COC(=O)CCCCCCCCCCCCCCCCCCCCCCCCCCCCC. The molecule has 0 aliphatic rings. The number of carbonyl (C=O) groups excluding carboxylic acids is 3. The van der Waals surface area contributed by atoms with E-state index >= 15 is 0 Å². The molecule has 0 amide bonds. The Morgan fingerprint density at radius 3 is 0.968 bits per heavy atom. The molecule has 0 heterocycles. The van der Waals surface area contributed by atoms with Crippen LogP contribution in [0.15, 0.2) is 36.5 Å². The Kier molecular flexibility index (Phi) is 50.3. The van der Waals surface area contributed by atoms with Gasteiger partial charge in [-0.3, -0.25) is 14.4 Å². The Bertz CT molecular complexity index is 1060. The van der Waals surface area contributed by atoms with Gasteiger partial charge < -0.3 is 14.2 Å². The summed E-state index contributed by atoms with van der Waals surface area (Å²) < 4.78 is 16.6. The van der Waals surface area contributed by atoms with Crippen LogP contribution in [0.25, 0.3) is 0 Å². The lowest BCUT2D eigenvalue weighted by Crippen LogP contribution is -2.30. The third-order valence-electron chi connectivity index (χ3n) is 12.2. The summed E-state index contributed by atoms with van der Waals surface area (Å²) in [5.41, 5.74) is 0. The van der Waals surface area contributed by atoms with Crippen LogP contribution in [0.5, 0.6) is 0 Å². The third-order valence-corrected chi connectivity index (χ3v) is 12.2. The molecule has 0 bridgehead atoms. The van der Waals surface area contributed by atoms with Gasteiger partial charge in [-0.15, -0.1) is 0 Å². The highest BCUT2D eigenvalue weighted by molar-refractivity contribution is 5.71. The number of esters is 3. The highest BCUT2D eigenvalue weighted by Crippen LogP contribution is 2.17. The van der Waals surface area contributed by atoms with Gasteiger partial charge in [-0.05, 0) is 51.4 Å². The molecular weight excluding hydrogens is 781 g/mol. The smallest absolute Gasteiger partial charge is 0.306 e. The van der Waals surface area contributed by atoms with Crippen LogP contribution in [0.3, 0.4) is 0 Å². The Labute approximate surface area is 391 Å². The van der Waals surface area contributed by atoms with Gasteiger partial charge in [0.25, 0.3) is 0 Å². The predicted octanol–water partition coefficient (Wildman–Crippen LogP) is 18.1. The number of hydrogen-bond donors (Lipinski definition) is 0. The minimum atomic E-state index is -0.780. The lowest BCUT2D eigenvalue weighted by Gasteiger charge is -2.18. The molecule has 1 unspecified atom stereocenters. The van der Waals surface area contributed by atoms with Crippen molar-refractivity contribution in [3.8, 4) is 0 Å². The minimum Gasteiger partial charge on any atom is -0.462 e. The van der Waals surface area contributed by atoms with Crippen LogP contribution in [-0.2, 0) is 28.6 Å². The van der Waals surface area contributed by atoms with Crippen molar-refractivity contribution in [2.24, 2.45) is 0 Å². The van der Waals surface area contributed by atoms with Gasteiger partial charge in [0, 0.05) is 19.3 Å². The maximum Gasteiger partial charge on any atom is 0.306 e. The maximum absolute atomic E-state index is 12.7. The molecule has 0 aromatic rings. The maximum atomic E-state index is 12.7. The van der Waals surface area contributed by atoms with Crippen molar-refractivity contribution in [1.82, 2.24) is 0 Å². The first-order valence-corrected chi connectivity index (χ1v) is 27.5. The average molecular weight is 885 g/mol. The zero-order chi connectivity index (χ0) is 45.8. The van der Waals surface area contributed by atoms with Crippen molar-refractivity contribution in [2.45, 2.75) is 297 Å². The third kappa shape index (κ3) is 50.5. The van der Waals surface area contributed by atoms with Gasteiger partial charge in [0.15, 0.2) is 6.10 Å². The Hall–Kier alpha value is -2.37. The predicted molar refractivity (Wildman–Crippen MR) is 270 cm³/mol. The van der Waals surface area contributed by atoms with Gasteiger partial charge in [-0.1, -0.05) is 256 Å². The van der Waals surface area contributed by atoms with Crippen LogP contribution in [-0.4, -0.2) is 37.2 Å². The molecule has 6 heteroatoms. The number of allylic oxidation sites excluding steroid dienone is 6. The molecule has 0 aromatic heterocycles. The minimum absolute atomic E-state index is 0.0814. The summed E-state index contributed by atoms with van der Waals surface area (Å²) in [6.07, 6.45) is 62.0. The molecule has 0 saturated heterocycles. The molecule has 0 saturated carbocycles. The largest absolute Gasteiger partial charge is 0.462 e. The number of rotatable bonds is 50. The highest BCUT2D eigenvalue weighted by Gasteiger charge is 2.19. The standard InChI is InChI=1S/C57H104O6/c1-4-7-10-13-15-17-19-21-22-23-24-25-26-27-28-29-30-31-32-33-34-36-37-39-41-44-47-50-56(59)62-53-54(52-61-55(58)49-46-43-12-9-6-3)63-57(60)51-48-45-42-40-38-35-20-18-16-14-11-8-5-2/h8,11,16,18,35,38,54H,4-7,9-10,12-15,17,19-34,36-37,39-53H2,1-3H3/b11-8-,18-16-,38-35-. The molecular formula is C57H104O6. The summed E-state index contributed by atoms with van der Waals surface area (Å²) in [6.45, 7) is 6.44. The summed E-state index contributed by atoms with van der Waals surface area (Å²) in [5, 5.41) is 0. The molecule has 0 aliphatic heterocycles. The van der Waals surface area contributed by atoms with E-state index in [4.69, 9.17) is 14.2 Å². The second kappa shape index (κ2) is 52.3. The van der Waals surface area contributed by atoms with Crippen molar-refractivity contribution in [1.29, 1.82) is 0 Å². The fourth-order valence-corrected chi connectivity index (χ4v) is 8.05. The van der Waals surface area contributed by atoms with E-state index in [1.807, 2.05) is 0 Å². The summed E-state index contributed by atoms with van der Waals surface area (Å²) in [4.78, 5) is 37.6. The molecule has 0 rings (SSSR count). The molecule has 0 aromatic carbocycles. The first-order valence-electron chi connectivity index (χ1n) is 27.5. The second-order valence-electron chi connectivity index (χ2n) is 18.5. The zero-order valence-electron chi connectivity index (χ0n) is 42.1. The van der Waals surface area contributed by atoms with Crippen molar-refractivity contribution in [3.63, 3.8) is 0 Å². The Balaban J connectivity index is 3.97. The quantitative estimate of drug-likeness (QED) is 0.0262. The van der Waals surface area contributed by atoms with E-state index in [9.17, 15) is 14.4 Å². The van der Waals surface area contributed by atoms with Crippen LogP contribution in [0, 0.1) is 0 Å². The Morgan fingerprint density at radius 1 is 0.333 bits per heavy atom. The van der Waals surface area contributed by atoms with Gasteiger partial charge in [-0.25, -0.2) is 0 Å². The summed E-state index contributed by atoms with van der Waals surface area (Å²) in [6, 6.07) is 0. The molecule has 6 nitrogen and oxygen atoms in total. The number of hydrogen-bond acceptors (Lipinski definition) is 6. The van der Waals surface area contributed by atoms with E-state index < -0.39 is 6.10 Å². The van der Waals surface area contributed by atoms with E-state index in [2.05, 4.69) is 57.2 Å². The van der Waals surface area contributed by atoms with E-state index in [-0.39, 0.29) is 31.1 Å². The molecule has 0 N–H and O–H groups in total. The van der Waals surface area contributed by atoms with Crippen LogP contribution in [0.2, 0.25) is 0 Å². The van der Waals surface area contributed by atoms with Crippen LogP contribution >= 0.6 is 0 Å². The lowest BCUT2D eigenvalue weighted by atomic mass is 10.0. The van der Waals surface area contributed by atoms with Gasteiger partial charge in [0.2, 0.25) is 0 Å². The fourth-order valence-electron chi connectivity index (χ4n) is 8.05. The summed E-state index contributed by atoms with van der Waals surface area (Å²) in [7, 11) is 0. The topological polar surface area (TPSA) is 78.9 Å². The highest BCUT2D eigenvalue weighted by atomic mass is 16.6. The molecule has 0 radical (unpaired) electrons. The molecule has 63 heavy (non-hydrogen) atoms. The molecule has 0 spiro atoms. The van der Waals surface area contributed by atoms with Crippen molar-refractivity contribution in [3.05, 3.63) is 36.5 Å². The van der Waals surface area contributed by atoms with Gasteiger partial charge in [-0.2, -0.15) is 0 Å². The Morgan fingerprint density at radius 2 is 0.619 bits per heavy atom. The van der Waals surface area contributed by atoms with Gasteiger partial charge in [0.05, 0.1) is 0 Å². The van der Waals surface area contributed by atoms with Crippen LogP contribution in [0.1, 0.15) is 290 Å². The van der Waals surface area contributed by atoms with Gasteiger partial charge in [0.1, 0.15) is 13.2 Å². The molecule has 368 valence electrons. The van der Waals surface area contributed by atoms with E-state index in [0.717, 1.165) is 89.9 Å². The van der Waals surface area contributed by atoms with Crippen LogP contribution < -0.4 is 0 Å². The normalized spacial score (nSPS) is 12.2. The first kappa shape index (κ1) is 60.6. The second-order valence-corrected chi connectivity index (χ2v) is 18.5. The lowest BCUT2D eigenvalue weighted by molar-refractivity contribution is -0.167. The van der Waals surface area contributed by atoms with Crippen molar-refractivity contribution < 1.29 is 28.6 Å². The average Bonchev–Trinajstić information content (AvgIpc) is 3.28. The van der Waals surface area contributed by atoms with E-state index in [1.165, 1.54) is 161 Å².